The van der Waals surface area contributed by atoms with Gasteiger partial charge in [-0.3, -0.25) is 0 Å². The zero-order valence-corrected chi connectivity index (χ0v) is 10.8. The molecule has 0 aliphatic carbocycles. The van der Waals surface area contributed by atoms with Crippen molar-refractivity contribution < 1.29 is 9.47 Å². The van der Waals surface area contributed by atoms with Crippen molar-refractivity contribution in [2.24, 2.45) is 5.92 Å². The smallest absolute Gasteiger partial charge is 0.196 e. The summed E-state index contributed by atoms with van der Waals surface area (Å²) in [6.07, 6.45) is 6.09. The van der Waals surface area contributed by atoms with Crippen LogP contribution in [-0.4, -0.2) is 12.9 Å². The van der Waals surface area contributed by atoms with E-state index in [4.69, 9.17) is 15.9 Å². The van der Waals surface area contributed by atoms with Gasteiger partial charge >= 0.3 is 0 Å². The fraction of sp³-hybridized carbons (Fsp3) is 0.467. The average Bonchev–Trinajstić information content (AvgIpc) is 2.29. The van der Waals surface area contributed by atoms with E-state index in [1.54, 1.807) is 0 Å². The number of rotatable bonds is 6. The first-order valence-electron chi connectivity index (χ1n) is 5.96. The van der Waals surface area contributed by atoms with Crippen LogP contribution in [0.5, 0.6) is 5.75 Å². The van der Waals surface area contributed by atoms with E-state index >= 15 is 0 Å². The van der Waals surface area contributed by atoms with Crippen molar-refractivity contribution in [1.82, 2.24) is 0 Å². The van der Waals surface area contributed by atoms with Crippen LogP contribution in [0.1, 0.15) is 32.8 Å². The molecule has 0 aliphatic heterocycles. The molecule has 0 saturated carbocycles. The number of terminal acetylenes is 1. The fourth-order valence-electron chi connectivity index (χ4n) is 1.33. The van der Waals surface area contributed by atoms with E-state index in [0.29, 0.717) is 5.92 Å². The number of ether oxygens (including phenoxy) is 2. The Bertz CT molecular complexity index is 360. The topological polar surface area (TPSA) is 18.5 Å². The summed E-state index contributed by atoms with van der Waals surface area (Å²) in [5, 5.41) is 0. The molecule has 0 aromatic heterocycles. The molecule has 1 rings (SSSR count). The summed E-state index contributed by atoms with van der Waals surface area (Å²) >= 11 is 0. The summed E-state index contributed by atoms with van der Waals surface area (Å²) in [7, 11) is 0. The van der Waals surface area contributed by atoms with Gasteiger partial charge < -0.3 is 9.47 Å². The average molecular weight is 232 g/mol. The normalized spacial score (nSPS) is 12.2. The molecule has 0 heterocycles. The van der Waals surface area contributed by atoms with E-state index in [0.717, 1.165) is 24.3 Å². The van der Waals surface area contributed by atoms with Crippen LogP contribution in [0.3, 0.4) is 0 Å². The Labute approximate surface area is 104 Å². The largest absolute Gasteiger partial charge is 0.465 e. The van der Waals surface area contributed by atoms with Crippen LogP contribution in [0.2, 0.25) is 0 Å². The summed E-state index contributed by atoms with van der Waals surface area (Å²) in [6.45, 7) is 6.97. The summed E-state index contributed by atoms with van der Waals surface area (Å²) in [6, 6.07) is 7.43. The lowest BCUT2D eigenvalue weighted by Crippen LogP contribution is -2.17. The molecule has 0 bridgehead atoms. The van der Waals surface area contributed by atoms with Crippen molar-refractivity contribution in [1.29, 1.82) is 0 Å². The van der Waals surface area contributed by atoms with Gasteiger partial charge in [0.2, 0.25) is 0 Å². The summed E-state index contributed by atoms with van der Waals surface area (Å²) in [5.41, 5.74) is 0.853. The van der Waals surface area contributed by atoms with Crippen LogP contribution in [0.25, 0.3) is 0 Å². The molecule has 1 aromatic rings. The first-order valence-corrected chi connectivity index (χ1v) is 5.96. The third kappa shape index (κ3) is 5.42. The maximum atomic E-state index is 5.60. The maximum absolute atomic E-state index is 5.60. The van der Waals surface area contributed by atoms with Crippen LogP contribution < -0.4 is 4.74 Å². The maximum Gasteiger partial charge on any atom is 0.196 e. The lowest BCUT2D eigenvalue weighted by molar-refractivity contribution is -0.0694. The Morgan fingerprint density at radius 2 is 1.82 bits per heavy atom. The second kappa shape index (κ2) is 6.98. The second-order valence-corrected chi connectivity index (χ2v) is 4.41. The van der Waals surface area contributed by atoms with Crippen molar-refractivity contribution in [3.8, 4) is 18.1 Å². The van der Waals surface area contributed by atoms with Crippen LogP contribution in [0.15, 0.2) is 24.3 Å². The molecule has 92 valence electrons. The molecule has 2 nitrogen and oxygen atoms in total. The van der Waals surface area contributed by atoms with E-state index in [-0.39, 0.29) is 6.29 Å². The third-order valence-corrected chi connectivity index (χ3v) is 2.37. The van der Waals surface area contributed by atoms with E-state index in [1.807, 2.05) is 31.2 Å². The molecule has 1 atom stereocenters. The van der Waals surface area contributed by atoms with Gasteiger partial charge in [0.1, 0.15) is 5.75 Å². The van der Waals surface area contributed by atoms with Crippen LogP contribution in [0.4, 0.5) is 0 Å². The van der Waals surface area contributed by atoms with Gasteiger partial charge in [0.25, 0.3) is 0 Å². The predicted molar refractivity (Wildman–Crippen MR) is 69.9 cm³/mol. The van der Waals surface area contributed by atoms with E-state index in [9.17, 15) is 0 Å². The van der Waals surface area contributed by atoms with Gasteiger partial charge in [-0.1, -0.05) is 19.8 Å². The Morgan fingerprint density at radius 1 is 1.18 bits per heavy atom. The van der Waals surface area contributed by atoms with Crippen LogP contribution >= 0.6 is 0 Å². The Balaban J connectivity index is 2.34. The summed E-state index contributed by atoms with van der Waals surface area (Å²) < 4.78 is 11.2. The zero-order chi connectivity index (χ0) is 12.7. The second-order valence-electron chi connectivity index (χ2n) is 4.41. The molecule has 0 spiro atoms. The highest BCUT2D eigenvalue weighted by Gasteiger charge is 2.04. The SMILES string of the molecule is C#Cc1ccc(OC(C)OCCC(C)C)cc1. The van der Waals surface area contributed by atoms with E-state index in [1.165, 1.54) is 0 Å². The van der Waals surface area contributed by atoms with Gasteiger partial charge in [0.05, 0.1) is 6.61 Å². The van der Waals surface area contributed by atoms with Crippen molar-refractivity contribution in [3.63, 3.8) is 0 Å². The molecular formula is C15H20O2. The van der Waals surface area contributed by atoms with Gasteiger partial charge in [-0.05, 0) is 43.5 Å². The minimum Gasteiger partial charge on any atom is -0.465 e. The molecule has 0 N–H and O–H groups in total. The minimum atomic E-state index is -0.231. The molecule has 0 amide bonds. The predicted octanol–water partition coefficient (Wildman–Crippen LogP) is 3.46. The Morgan fingerprint density at radius 3 is 2.35 bits per heavy atom. The highest BCUT2D eigenvalue weighted by atomic mass is 16.7. The van der Waals surface area contributed by atoms with E-state index in [2.05, 4.69) is 19.8 Å². The lowest BCUT2D eigenvalue weighted by Gasteiger charge is -2.16. The van der Waals surface area contributed by atoms with Gasteiger partial charge in [-0.25, -0.2) is 0 Å². The van der Waals surface area contributed by atoms with Crippen LogP contribution in [-0.2, 0) is 4.74 Å². The zero-order valence-electron chi connectivity index (χ0n) is 10.8. The molecule has 0 radical (unpaired) electrons. The van der Waals surface area contributed by atoms with Crippen molar-refractivity contribution in [2.75, 3.05) is 6.61 Å². The Hall–Kier alpha value is -1.46. The van der Waals surface area contributed by atoms with Gasteiger partial charge in [0, 0.05) is 5.56 Å². The molecule has 17 heavy (non-hydrogen) atoms. The third-order valence-electron chi connectivity index (χ3n) is 2.37. The van der Waals surface area contributed by atoms with Crippen molar-refractivity contribution >= 4 is 0 Å². The monoisotopic (exact) mass is 232 g/mol. The molecule has 0 fully saturated rings. The first-order chi connectivity index (χ1) is 8.11. The standard InChI is InChI=1S/C15H20O2/c1-5-14-6-8-15(9-7-14)17-13(4)16-11-10-12(2)3/h1,6-9,12-13H,10-11H2,2-4H3. The number of benzene rings is 1. The number of hydrogen-bond acceptors (Lipinski definition) is 2. The quantitative estimate of drug-likeness (QED) is 0.552. The summed E-state index contributed by atoms with van der Waals surface area (Å²) in [5.74, 6) is 4.00. The minimum absolute atomic E-state index is 0.231. The fourth-order valence-corrected chi connectivity index (χ4v) is 1.33. The first kappa shape index (κ1) is 13.6. The molecule has 2 heteroatoms. The molecule has 1 unspecified atom stereocenters. The molecular weight excluding hydrogens is 212 g/mol. The lowest BCUT2D eigenvalue weighted by atomic mass is 10.1. The van der Waals surface area contributed by atoms with Crippen LogP contribution in [0, 0.1) is 18.3 Å². The van der Waals surface area contributed by atoms with Gasteiger partial charge in [-0.2, -0.15) is 0 Å². The number of hydrogen-bond donors (Lipinski definition) is 0. The van der Waals surface area contributed by atoms with Gasteiger partial charge in [0.15, 0.2) is 6.29 Å². The molecule has 0 aliphatic rings. The Kier molecular flexibility index (Phi) is 5.59. The highest BCUT2D eigenvalue weighted by Crippen LogP contribution is 2.14. The van der Waals surface area contributed by atoms with E-state index < -0.39 is 0 Å². The van der Waals surface area contributed by atoms with Crippen molar-refractivity contribution in [2.45, 2.75) is 33.5 Å². The highest BCUT2D eigenvalue weighted by molar-refractivity contribution is 5.36. The van der Waals surface area contributed by atoms with Gasteiger partial charge in [-0.15, -0.1) is 6.42 Å². The molecule has 0 saturated heterocycles. The van der Waals surface area contributed by atoms with Crippen molar-refractivity contribution in [3.05, 3.63) is 29.8 Å². The molecule has 1 aromatic carbocycles. The summed E-state index contributed by atoms with van der Waals surface area (Å²) in [4.78, 5) is 0.